The van der Waals surface area contributed by atoms with E-state index >= 15 is 0 Å². The van der Waals surface area contributed by atoms with Gasteiger partial charge in [-0.15, -0.1) is 0 Å². The third kappa shape index (κ3) is 3.85. The van der Waals surface area contributed by atoms with Crippen molar-refractivity contribution in [1.29, 1.82) is 0 Å². The summed E-state index contributed by atoms with van der Waals surface area (Å²) in [5.41, 5.74) is 2.30. The molecule has 0 fully saturated rings. The van der Waals surface area contributed by atoms with Gasteiger partial charge in [-0.2, -0.15) is 0 Å². The summed E-state index contributed by atoms with van der Waals surface area (Å²) in [4.78, 5) is 0. The van der Waals surface area contributed by atoms with Gasteiger partial charge >= 0.3 is 0 Å². The van der Waals surface area contributed by atoms with Gasteiger partial charge in [-0.05, 0) is 58.2 Å². The first kappa shape index (κ1) is 16.0. The Labute approximate surface area is 142 Å². The third-order valence-corrected chi connectivity index (χ3v) is 4.93. The molecule has 0 bridgehead atoms. The fourth-order valence-electron chi connectivity index (χ4n) is 2.09. The van der Waals surface area contributed by atoms with Crippen molar-refractivity contribution >= 4 is 43.5 Å². The highest BCUT2D eigenvalue weighted by molar-refractivity contribution is 9.10. The van der Waals surface area contributed by atoms with Crippen LogP contribution in [0.5, 0.6) is 0 Å². The van der Waals surface area contributed by atoms with Gasteiger partial charge in [0.1, 0.15) is 0 Å². The number of benzene rings is 2. The molecular weight excluding hydrogens is 401 g/mol. The molecule has 20 heavy (non-hydrogen) atoms. The average molecular weight is 418 g/mol. The van der Waals surface area contributed by atoms with E-state index in [0.717, 1.165) is 32.5 Å². The van der Waals surface area contributed by atoms with Gasteiger partial charge in [0.25, 0.3) is 0 Å². The Kier molecular flexibility index (Phi) is 6.09. The van der Waals surface area contributed by atoms with Gasteiger partial charge < -0.3 is 5.32 Å². The summed E-state index contributed by atoms with van der Waals surface area (Å²) in [6.07, 6.45) is 1.08. The minimum absolute atomic E-state index is 0.105. The molecule has 0 aliphatic carbocycles. The van der Waals surface area contributed by atoms with Gasteiger partial charge in [0.15, 0.2) is 0 Å². The summed E-state index contributed by atoms with van der Waals surface area (Å²) in [7, 11) is 0. The largest absolute Gasteiger partial charge is 0.306 e. The van der Waals surface area contributed by atoms with E-state index in [9.17, 15) is 0 Å². The van der Waals surface area contributed by atoms with Crippen LogP contribution in [-0.4, -0.2) is 6.54 Å². The molecule has 0 radical (unpaired) electrons. The molecule has 0 spiro atoms. The SMILES string of the molecule is CCCNC(c1ccc(Br)cc1)c1cccc(Br)c1Cl. The van der Waals surface area contributed by atoms with Crippen molar-refractivity contribution in [2.45, 2.75) is 19.4 Å². The van der Waals surface area contributed by atoms with E-state index in [-0.39, 0.29) is 6.04 Å². The number of nitrogens with one attached hydrogen (secondary N) is 1. The molecule has 1 N–H and O–H groups in total. The van der Waals surface area contributed by atoms with Gasteiger partial charge in [0.2, 0.25) is 0 Å². The van der Waals surface area contributed by atoms with Gasteiger partial charge in [-0.1, -0.05) is 58.7 Å². The molecule has 1 nitrogen and oxygen atoms in total. The predicted octanol–water partition coefficient (Wildman–Crippen LogP) is 5.95. The first-order valence-corrected chi connectivity index (χ1v) is 8.52. The van der Waals surface area contributed by atoms with Crippen molar-refractivity contribution in [3.63, 3.8) is 0 Å². The van der Waals surface area contributed by atoms with E-state index in [1.807, 2.05) is 12.1 Å². The van der Waals surface area contributed by atoms with Crippen LogP contribution in [0.4, 0.5) is 0 Å². The molecule has 2 aromatic rings. The summed E-state index contributed by atoms with van der Waals surface area (Å²) in [6.45, 7) is 3.11. The normalized spacial score (nSPS) is 12.4. The Morgan fingerprint density at radius 3 is 2.45 bits per heavy atom. The van der Waals surface area contributed by atoms with Gasteiger partial charge in [-0.3, -0.25) is 0 Å². The quantitative estimate of drug-likeness (QED) is 0.633. The molecule has 2 aromatic carbocycles. The maximum atomic E-state index is 6.45. The lowest BCUT2D eigenvalue weighted by molar-refractivity contribution is 0.598. The molecule has 0 aliphatic rings. The van der Waals surface area contributed by atoms with Crippen molar-refractivity contribution in [3.05, 3.63) is 67.6 Å². The Morgan fingerprint density at radius 2 is 1.80 bits per heavy atom. The maximum absolute atomic E-state index is 6.45. The second-order valence-corrected chi connectivity index (χ2v) is 6.73. The number of rotatable bonds is 5. The van der Waals surface area contributed by atoms with Crippen LogP contribution in [-0.2, 0) is 0 Å². The van der Waals surface area contributed by atoms with Crippen molar-refractivity contribution in [3.8, 4) is 0 Å². The van der Waals surface area contributed by atoms with E-state index in [4.69, 9.17) is 11.6 Å². The molecule has 0 aliphatic heterocycles. The van der Waals surface area contributed by atoms with Crippen molar-refractivity contribution in [2.75, 3.05) is 6.54 Å². The minimum atomic E-state index is 0.105. The minimum Gasteiger partial charge on any atom is -0.306 e. The molecule has 1 atom stereocenters. The predicted molar refractivity (Wildman–Crippen MR) is 93.4 cm³/mol. The first-order valence-electron chi connectivity index (χ1n) is 6.56. The molecule has 0 amide bonds. The second-order valence-electron chi connectivity index (χ2n) is 4.58. The van der Waals surface area contributed by atoms with Crippen LogP contribution in [0.2, 0.25) is 5.02 Å². The molecule has 106 valence electrons. The molecule has 0 aromatic heterocycles. The van der Waals surface area contributed by atoms with E-state index < -0.39 is 0 Å². The van der Waals surface area contributed by atoms with Crippen molar-refractivity contribution in [2.24, 2.45) is 0 Å². The second kappa shape index (κ2) is 7.60. The summed E-state index contributed by atoms with van der Waals surface area (Å²) >= 11 is 13.4. The van der Waals surface area contributed by atoms with E-state index in [1.165, 1.54) is 5.56 Å². The highest BCUT2D eigenvalue weighted by Crippen LogP contribution is 2.33. The summed E-state index contributed by atoms with van der Waals surface area (Å²) < 4.78 is 2.01. The van der Waals surface area contributed by atoms with Crippen LogP contribution in [0.15, 0.2) is 51.4 Å². The monoisotopic (exact) mass is 415 g/mol. The lowest BCUT2D eigenvalue weighted by atomic mass is 9.98. The van der Waals surface area contributed by atoms with Crippen LogP contribution >= 0.6 is 43.5 Å². The third-order valence-electron chi connectivity index (χ3n) is 3.09. The van der Waals surface area contributed by atoms with Crippen LogP contribution in [0.1, 0.15) is 30.5 Å². The van der Waals surface area contributed by atoms with Crippen LogP contribution < -0.4 is 5.32 Å². The van der Waals surface area contributed by atoms with Crippen LogP contribution in [0, 0.1) is 0 Å². The number of hydrogen-bond acceptors (Lipinski definition) is 1. The van der Waals surface area contributed by atoms with E-state index in [0.29, 0.717) is 0 Å². The molecule has 0 heterocycles. The van der Waals surface area contributed by atoms with Gasteiger partial charge in [0.05, 0.1) is 11.1 Å². The summed E-state index contributed by atoms with van der Waals surface area (Å²) in [5, 5.41) is 4.34. The zero-order valence-corrected chi connectivity index (χ0v) is 15.1. The zero-order valence-electron chi connectivity index (χ0n) is 11.2. The fraction of sp³-hybridized carbons (Fsp3) is 0.250. The summed E-state index contributed by atoms with van der Waals surface area (Å²) in [5.74, 6) is 0. The Morgan fingerprint density at radius 1 is 1.10 bits per heavy atom. The molecule has 4 heteroatoms. The topological polar surface area (TPSA) is 12.0 Å². The molecular formula is C16H16Br2ClN. The van der Waals surface area contributed by atoms with Gasteiger partial charge in [-0.25, -0.2) is 0 Å². The first-order chi connectivity index (χ1) is 9.63. The molecule has 2 rings (SSSR count). The smallest absolute Gasteiger partial charge is 0.0599 e. The fourth-order valence-corrected chi connectivity index (χ4v) is 2.98. The highest BCUT2D eigenvalue weighted by atomic mass is 79.9. The lowest BCUT2D eigenvalue weighted by Crippen LogP contribution is -2.23. The average Bonchev–Trinajstić information content (AvgIpc) is 2.45. The highest BCUT2D eigenvalue weighted by Gasteiger charge is 2.17. The number of halogens is 3. The lowest BCUT2D eigenvalue weighted by Gasteiger charge is -2.21. The Bertz CT molecular complexity index is 569. The Hall–Kier alpha value is -0.350. The van der Waals surface area contributed by atoms with Crippen LogP contribution in [0.3, 0.4) is 0 Å². The zero-order chi connectivity index (χ0) is 14.5. The van der Waals surface area contributed by atoms with Crippen molar-refractivity contribution < 1.29 is 0 Å². The van der Waals surface area contributed by atoms with E-state index in [1.54, 1.807) is 0 Å². The standard InChI is InChI=1S/C16H16Br2ClN/c1-2-10-20-16(11-6-8-12(17)9-7-11)13-4-3-5-14(18)15(13)19/h3-9,16,20H,2,10H2,1H3. The molecule has 0 saturated carbocycles. The molecule has 0 saturated heterocycles. The van der Waals surface area contributed by atoms with E-state index in [2.05, 4.69) is 74.4 Å². The number of hydrogen-bond donors (Lipinski definition) is 1. The van der Waals surface area contributed by atoms with Crippen molar-refractivity contribution in [1.82, 2.24) is 5.32 Å². The Balaban J connectivity index is 2.41. The van der Waals surface area contributed by atoms with Gasteiger partial charge in [0, 0.05) is 8.95 Å². The maximum Gasteiger partial charge on any atom is 0.0599 e. The summed E-state index contributed by atoms with van der Waals surface area (Å²) in [6, 6.07) is 14.5. The van der Waals surface area contributed by atoms with Crippen LogP contribution in [0.25, 0.3) is 0 Å². The molecule has 1 unspecified atom stereocenters.